The van der Waals surface area contributed by atoms with Crippen molar-refractivity contribution in [1.82, 2.24) is 4.90 Å². The van der Waals surface area contributed by atoms with Crippen LogP contribution >= 0.6 is 24.0 Å². The molecule has 1 unspecified atom stereocenters. The first-order chi connectivity index (χ1) is 9.50. The predicted molar refractivity (Wildman–Crippen MR) is 82.9 cm³/mol. The summed E-state index contributed by atoms with van der Waals surface area (Å²) < 4.78 is 5.80. The van der Waals surface area contributed by atoms with Gasteiger partial charge >= 0.3 is 0 Å². The summed E-state index contributed by atoms with van der Waals surface area (Å²) in [6.07, 6.45) is 3.26. The van der Waals surface area contributed by atoms with Crippen LogP contribution in [0.2, 0.25) is 5.02 Å². The van der Waals surface area contributed by atoms with Crippen molar-refractivity contribution in [3.8, 4) is 5.75 Å². The Balaban J connectivity index is 0.00000132. The zero-order valence-corrected chi connectivity index (χ0v) is 13.1. The van der Waals surface area contributed by atoms with E-state index in [1.165, 1.54) is 0 Å². The molecule has 4 aliphatic rings. The van der Waals surface area contributed by atoms with Crippen molar-refractivity contribution in [2.75, 3.05) is 6.54 Å². The van der Waals surface area contributed by atoms with Gasteiger partial charge in [-0.3, -0.25) is 4.79 Å². The van der Waals surface area contributed by atoms with Crippen LogP contribution in [0.4, 0.5) is 0 Å². The van der Waals surface area contributed by atoms with Crippen molar-refractivity contribution in [3.63, 3.8) is 0 Å². The minimum absolute atomic E-state index is 0. The number of rotatable bonds is 3. The molecule has 0 aromatic heterocycles. The fraction of sp³-hybridized carbons (Fsp3) is 0.533. The molecule has 1 saturated heterocycles. The largest absolute Gasteiger partial charge is 0.481 e. The van der Waals surface area contributed by atoms with Gasteiger partial charge in [-0.2, -0.15) is 0 Å². The van der Waals surface area contributed by atoms with Gasteiger partial charge in [0.1, 0.15) is 5.75 Å². The summed E-state index contributed by atoms with van der Waals surface area (Å²) in [6, 6.07) is 7.14. The number of amides is 1. The number of nitrogens with zero attached hydrogens (tertiary/aromatic N) is 1. The van der Waals surface area contributed by atoms with Gasteiger partial charge in [0.2, 0.25) is 0 Å². The minimum Gasteiger partial charge on any atom is -0.481 e. The third-order valence-electron chi connectivity index (χ3n) is 4.86. The highest BCUT2D eigenvalue weighted by atomic mass is 35.5. The lowest BCUT2D eigenvalue weighted by atomic mass is 9.44. The first-order valence-corrected chi connectivity index (χ1v) is 7.40. The summed E-state index contributed by atoms with van der Waals surface area (Å²) in [4.78, 5) is 14.5. The molecule has 0 radical (unpaired) electrons. The first kappa shape index (κ1) is 14.9. The number of ether oxygens (including phenoxy) is 1. The highest BCUT2D eigenvalue weighted by Crippen LogP contribution is 2.62. The predicted octanol–water partition coefficient (Wildman–Crippen LogP) is 2.38. The Hall–Kier alpha value is -0.970. The summed E-state index contributed by atoms with van der Waals surface area (Å²) in [5, 5.41) is 0.666. The number of hydrogen-bond donors (Lipinski definition) is 1. The minimum atomic E-state index is -0.362. The van der Waals surface area contributed by atoms with Gasteiger partial charge in [-0.05, 0) is 43.5 Å². The summed E-state index contributed by atoms with van der Waals surface area (Å²) in [6.45, 7) is 0.785. The topological polar surface area (TPSA) is 55.6 Å². The van der Waals surface area contributed by atoms with Gasteiger partial charge in [0, 0.05) is 29.1 Å². The maximum Gasteiger partial charge on any atom is 0.264 e. The van der Waals surface area contributed by atoms with E-state index in [-0.39, 0.29) is 35.5 Å². The first-order valence-electron chi connectivity index (χ1n) is 7.02. The third-order valence-corrected chi connectivity index (χ3v) is 5.12. The molecule has 2 bridgehead atoms. The molecule has 1 atom stereocenters. The lowest BCUT2D eigenvalue weighted by molar-refractivity contribution is -0.176. The van der Waals surface area contributed by atoms with Crippen molar-refractivity contribution < 1.29 is 9.53 Å². The Morgan fingerprint density at radius 1 is 1.24 bits per heavy atom. The van der Waals surface area contributed by atoms with E-state index in [4.69, 9.17) is 22.1 Å². The number of likely N-dealkylation sites (tertiary alicyclic amines) is 1. The molecule has 3 aliphatic carbocycles. The maximum atomic E-state index is 12.5. The number of nitrogens with two attached hydrogens (primary N) is 1. The molecule has 1 amide bonds. The van der Waals surface area contributed by atoms with Crippen LogP contribution in [-0.2, 0) is 4.79 Å². The van der Waals surface area contributed by atoms with Crippen molar-refractivity contribution in [2.45, 2.75) is 42.9 Å². The number of hydrogen-bond acceptors (Lipinski definition) is 3. The van der Waals surface area contributed by atoms with Gasteiger partial charge in [0.05, 0.1) is 0 Å². The van der Waals surface area contributed by atoms with Crippen LogP contribution in [0.1, 0.15) is 25.7 Å². The monoisotopic (exact) mass is 328 g/mol. The van der Waals surface area contributed by atoms with Crippen molar-refractivity contribution in [1.29, 1.82) is 0 Å². The number of benzene rings is 1. The summed E-state index contributed by atoms with van der Waals surface area (Å²) in [5.41, 5.74) is 6.16. The molecular formula is C15H18Cl2N2O2. The van der Waals surface area contributed by atoms with Crippen molar-refractivity contribution in [2.24, 2.45) is 5.73 Å². The van der Waals surface area contributed by atoms with Crippen LogP contribution in [0, 0.1) is 0 Å². The molecule has 3 saturated carbocycles. The molecule has 5 rings (SSSR count). The third kappa shape index (κ3) is 2.20. The second-order valence-electron chi connectivity index (χ2n) is 6.46. The summed E-state index contributed by atoms with van der Waals surface area (Å²) >= 11 is 5.84. The quantitative estimate of drug-likeness (QED) is 0.926. The van der Waals surface area contributed by atoms with Gasteiger partial charge in [0.15, 0.2) is 6.10 Å². The molecule has 1 aliphatic heterocycles. The molecule has 4 fully saturated rings. The van der Waals surface area contributed by atoms with E-state index >= 15 is 0 Å². The van der Waals surface area contributed by atoms with E-state index in [9.17, 15) is 4.79 Å². The fourth-order valence-electron chi connectivity index (χ4n) is 4.01. The van der Waals surface area contributed by atoms with Crippen LogP contribution in [-0.4, -0.2) is 34.5 Å². The molecule has 114 valence electrons. The van der Waals surface area contributed by atoms with E-state index in [1.54, 1.807) is 24.3 Å². The van der Waals surface area contributed by atoms with Gasteiger partial charge in [-0.25, -0.2) is 0 Å². The highest BCUT2D eigenvalue weighted by Gasteiger charge is 2.70. The Kier molecular flexibility index (Phi) is 3.39. The highest BCUT2D eigenvalue weighted by molar-refractivity contribution is 6.30. The smallest absolute Gasteiger partial charge is 0.264 e. The molecule has 6 heteroatoms. The zero-order valence-electron chi connectivity index (χ0n) is 11.5. The van der Waals surface area contributed by atoms with E-state index in [1.807, 2.05) is 4.90 Å². The lowest BCUT2D eigenvalue weighted by Gasteiger charge is -2.71. The van der Waals surface area contributed by atoms with Crippen LogP contribution < -0.4 is 10.5 Å². The number of halogens is 2. The standard InChI is InChI=1S/C15H17ClN2O2.ClH/c16-10-1-3-11(4-2-10)20-12-5-6-18(13(12)19)15-7-14(17,8-15)9-15;/h1-4,12H,5-9,17H2;1H. The van der Waals surface area contributed by atoms with Gasteiger partial charge in [-0.15, -0.1) is 12.4 Å². The average Bonchev–Trinajstić information content (AvgIpc) is 2.69. The molecule has 1 heterocycles. The molecule has 1 aromatic carbocycles. The lowest BCUT2D eigenvalue weighted by Crippen LogP contribution is -2.82. The average molecular weight is 329 g/mol. The Bertz CT molecular complexity index is 556. The van der Waals surface area contributed by atoms with Crippen LogP contribution in [0.25, 0.3) is 0 Å². The zero-order chi connectivity index (χ0) is 14.0. The SMILES string of the molecule is Cl.NC12CC(N3CCC(Oc4ccc(Cl)cc4)C3=O)(C1)C2. The van der Waals surface area contributed by atoms with Crippen LogP contribution in [0.5, 0.6) is 5.75 Å². The molecule has 21 heavy (non-hydrogen) atoms. The van der Waals surface area contributed by atoms with Crippen LogP contribution in [0.3, 0.4) is 0 Å². The van der Waals surface area contributed by atoms with Crippen LogP contribution in [0.15, 0.2) is 24.3 Å². The molecule has 0 spiro atoms. The Labute approximate surface area is 135 Å². The van der Waals surface area contributed by atoms with E-state index in [2.05, 4.69) is 0 Å². The number of carbonyl (C=O) groups is 1. The Morgan fingerprint density at radius 3 is 2.43 bits per heavy atom. The Morgan fingerprint density at radius 2 is 1.86 bits per heavy atom. The maximum absolute atomic E-state index is 12.5. The molecule has 2 N–H and O–H groups in total. The van der Waals surface area contributed by atoms with Gasteiger partial charge in [-0.1, -0.05) is 11.6 Å². The van der Waals surface area contributed by atoms with Gasteiger partial charge in [0.25, 0.3) is 5.91 Å². The molecular weight excluding hydrogens is 311 g/mol. The van der Waals surface area contributed by atoms with E-state index in [0.717, 1.165) is 32.2 Å². The normalized spacial score (nSPS) is 36.6. The van der Waals surface area contributed by atoms with E-state index in [0.29, 0.717) is 10.8 Å². The van der Waals surface area contributed by atoms with Gasteiger partial charge < -0.3 is 15.4 Å². The van der Waals surface area contributed by atoms with Crippen molar-refractivity contribution in [3.05, 3.63) is 29.3 Å². The molecule has 1 aromatic rings. The van der Waals surface area contributed by atoms with E-state index < -0.39 is 0 Å². The summed E-state index contributed by atoms with van der Waals surface area (Å²) in [5.74, 6) is 0.809. The second kappa shape index (κ2) is 4.77. The molecule has 4 nitrogen and oxygen atoms in total. The fourth-order valence-corrected chi connectivity index (χ4v) is 4.13. The second-order valence-corrected chi connectivity index (χ2v) is 6.89. The number of carbonyl (C=O) groups excluding carboxylic acids is 1. The summed E-state index contributed by atoms with van der Waals surface area (Å²) in [7, 11) is 0. The van der Waals surface area contributed by atoms with Crippen molar-refractivity contribution >= 4 is 29.9 Å².